The van der Waals surface area contributed by atoms with Crippen LogP contribution in [-0.2, 0) is 4.79 Å². The van der Waals surface area contributed by atoms with Gasteiger partial charge in [0.2, 0.25) is 0 Å². The molecule has 0 aliphatic heterocycles. The van der Waals surface area contributed by atoms with Gasteiger partial charge in [-0.3, -0.25) is 4.79 Å². The van der Waals surface area contributed by atoms with Crippen molar-refractivity contribution in [3.63, 3.8) is 0 Å². The van der Waals surface area contributed by atoms with E-state index in [2.05, 4.69) is 18.7 Å². The minimum Gasteiger partial charge on any atom is -0.312 e. The first kappa shape index (κ1) is 9.78. The van der Waals surface area contributed by atoms with Gasteiger partial charge in [0.1, 0.15) is 0 Å². The normalized spacial score (nSPS) is 15.1. The summed E-state index contributed by atoms with van der Waals surface area (Å²) in [6, 6.07) is 0. The molecule has 0 saturated heterocycles. The Labute approximate surface area is 79.2 Å². The van der Waals surface area contributed by atoms with Crippen LogP contribution in [-0.4, -0.2) is 17.9 Å². The fraction of sp³-hybridized carbons (Fsp3) is 0.364. The average molecular weight is 177 g/mol. The molecule has 70 valence electrons. The summed E-state index contributed by atoms with van der Waals surface area (Å²) in [5.41, 5.74) is 1.54. The molecule has 1 aliphatic carbocycles. The van der Waals surface area contributed by atoms with Crippen LogP contribution < -0.4 is 0 Å². The van der Waals surface area contributed by atoms with Crippen LogP contribution in [0.5, 0.6) is 0 Å². The number of likely N-dealkylation sites (N-methyl/N-ethyl adjacent to an activating group) is 1. The molecule has 0 saturated carbocycles. The van der Waals surface area contributed by atoms with Gasteiger partial charge in [-0.1, -0.05) is 18.7 Å². The molecule has 0 radical (unpaired) electrons. The van der Waals surface area contributed by atoms with E-state index in [1.807, 2.05) is 6.08 Å². The molecule has 1 rings (SSSR count). The first-order valence-corrected chi connectivity index (χ1v) is 4.43. The fourth-order valence-electron chi connectivity index (χ4n) is 1.25. The third kappa shape index (κ3) is 2.31. The molecule has 0 aromatic rings. The van der Waals surface area contributed by atoms with Gasteiger partial charge in [-0.15, -0.1) is 0 Å². The van der Waals surface area contributed by atoms with Crippen molar-refractivity contribution >= 4 is 5.91 Å². The van der Waals surface area contributed by atoms with E-state index in [1.165, 1.54) is 0 Å². The van der Waals surface area contributed by atoms with Gasteiger partial charge in [0.15, 0.2) is 0 Å². The van der Waals surface area contributed by atoms with Crippen LogP contribution in [0.1, 0.15) is 19.8 Å². The number of allylic oxidation sites excluding steroid dienone is 3. The van der Waals surface area contributed by atoms with Crippen LogP contribution in [0.2, 0.25) is 0 Å². The summed E-state index contributed by atoms with van der Waals surface area (Å²) in [6.45, 7) is 5.36. The lowest BCUT2D eigenvalue weighted by atomic mass is 10.1. The molecule has 13 heavy (non-hydrogen) atoms. The van der Waals surface area contributed by atoms with Gasteiger partial charge in [0.05, 0.1) is 0 Å². The number of rotatable bonds is 2. The number of nitrogens with zero attached hydrogens (tertiary/aromatic N) is 1. The molecule has 0 unspecified atom stereocenters. The topological polar surface area (TPSA) is 20.3 Å². The van der Waals surface area contributed by atoms with Crippen molar-refractivity contribution in [1.29, 1.82) is 0 Å². The van der Waals surface area contributed by atoms with Gasteiger partial charge in [0, 0.05) is 18.3 Å². The Morgan fingerprint density at radius 1 is 1.54 bits per heavy atom. The lowest BCUT2D eigenvalue weighted by Gasteiger charge is -2.20. The van der Waals surface area contributed by atoms with Gasteiger partial charge in [-0.25, -0.2) is 0 Å². The Morgan fingerprint density at radius 2 is 2.23 bits per heavy atom. The molecule has 2 heteroatoms. The molecular formula is C11H15NO. The summed E-state index contributed by atoms with van der Waals surface area (Å²) >= 11 is 0. The highest BCUT2D eigenvalue weighted by Gasteiger charge is 2.12. The molecule has 2 nitrogen and oxygen atoms in total. The zero-order chi connectivity index (χ0) is 9.84. The van der Waals surface area contributed by atoms with Crippen LogP contribution >= 0.6 is 0 Å². The highest BCUT2D eigenvalue weighted by molar-refractivity contribution is 5.93. The van der Waals surface area contributed by atoms with Crippen LogP contribution in [0.25, 0.3) is 0 Å². The number of hydrogen-bond donors (Lipinski definition) is 0. The molecule has 0 atom stereocenters. The molecule has 0 N–H and O–H groups in total. The molecule has 0 bridgehead atoms. The van der Waals surface area contributed by atoms with E-state index in [0.717, 1.165) is 18.5 Å². The van der Waals surface area contributed by atoms with E-state index in [0.29, 0.717) is 5.57 Å². The largest absolute Gasteiger partial charge is 0.312 e. The number of hydrogen-bond acceptors (Lipinski definition) is 1. The minimum atomic E-state index is -0.0159. The zero-order valence-corrected chi connectivity index (χ0v) is 8.21. The molecular weight excluding hydrogens is 162 g/mol. The predicted molar refractivity (Wildman–Crippen MR) is 54.0 cm³/mol. The number of amides is 1. The summed E-state index contributed by atoms with van der Waals surface area (Å²) in [4.78, 5) is 13.1. The van der Waals surface area contributed by atoms with Crippen LogP contribution in [0.3, 0.4) is 0 Å². The summed E-state index contributed by atoms with van der Waals surface area (Å²) in [7, 11) is 1.78. The average Bonchev–Trinajstić information content (AvgIpc) is 2.17. The van der Waals surface area contributed by atoms with Crippen LogP contribution in [0, 0.1) is 0 Å². The Bertz CT molecular complexity index is 286. The first-order chi connectivity index (χ1) is 6.13. The van der Waals surface area contributed by atoms with Crippen molar-refractivity contribution in [3.8, 4) is 0 Å². The Hall–Kier alpha value is -1.31. The smallest absolute Gasteiger partial charge is 0.253 e. The molecule has 1 aliphatic rings. The van der Waals surface area contributed by atoms with Gasteiger partial charge in [-0.05, 0) is 25.8 Å². The summed E-state index contributed by atoms with van der Waals surface area (Å²) in [6.07, 6.45) is 8.21. The second-order valence-corrected chi connectivity index (χ2v) is 3.25. The van der Waals surface area contributed by atoms with E-state index in [1.54, 1.807) is 18.9 Å². The number of carbonyl (C=O) groups excluding carboxylic acids is 1. The van der Waals surface area contributed by atoms with Crippen molar-refractivity contribution in [3.05, 3.63) is 36.1 Å². The Morgan fingerprint density at radius 3 is 2.69 bits per heavy atom. The maximum Gasteiger partial charge on any atom is 0.253 e. The third-order valence-corrected chi connectivity index (χ3v) is 2.03. The highest BCUT2D eigenvalue weighted by atomic mass is 16.2. The molecule has 0 aromatic carbocycles. The van der Waals surface area contributed by atoms with Crippen molar-refractivity contribution in [2.24, 2.45) is 0 Å². The van der Waals surface area contributed by atoms with Crippen LogP contribution in [0.4, 0.5) is 0 Å². The molecule has 0 fully saturated rings. The molecule has 1 amide bonds. The summed E-state index contributed by atoms with van der Waals surface area (Å²) in [5, 5.41) is 0. The Kier molecular flexibility index (Phi) is 3.07. The van der Waals surface area contributed by atoms with E-state index in [9.17, 15) is 4.79 Å². The number of carbonyl (C=O) groups is 1. The fourth-order valence-corrected chi connectivity index (χ4v) is 1.25. The lowest BCUT2D eigenvalue weighted by molar-refractivity contribution is -0.124. The standard InChI is InChI=1S/C11H15NO/c1-9(2)11(13)12(3)10-7-5-4-6-8-10/h5,7-8H,1,4,6H2,2-3H3. The third-order valence-electron chi connectivity index (χ3n) is 2.03. The zero-order valence-electron chi connectivity index (χ0n) is 8.21. The lowest BCUT2D eigenvalue weighted by Crippen LogP contribution is -2.26. The van der Waals surface area contributed by atoms with Crippen LogP contribution in [0.15, 0.2) is 36.1 Å². The van der Waals surface area contributed by atoms with Crippen molar-refractivity contribution in [2.45, 2.75) is 19.8 Å². The van der Waals surface area contributed by atoms with Crippen molar-refractivity contribution < 1.29 is 4.79 Å². The van der Waals surface area contributed by atoms with Gasteiger partial charge in [0.25, 0.3) is 5.91 Å². The molecule has 0 spiro atoms. The predicted octanol–water partition coefficient (Wildman–Crippen LogP) is 2.25. The summed E-state index contributed by atoms with van der Waals surface area (Å²) in [5.74, 6) is -0.0159. The Balaban J connectivity index is 2.72. The second-order valence-electron chi connectivity index (χ2n) is 3.25. The SMILES string of the molecule is C=C(C)C(=O)N(C)C1=CCCC=C1. The first-order valence-electron chi connectivity index (χ1n) is 4.43. The molecule has 0 aromatic heterocycles. The molecule has 0 heterocycles. The van der Waals surface area contributed by atoms with E-state index in [4.69, 9.17) is 0 Å². The quantitative estimate of drug-likeness (QED) is 0.592. The second kappa shape index (κ2) is 4.08. The van der Waals surface area contributed by atoms with Gasteiger partial charge >= 0.3 is 0 Å². The minimum absolute atomic E-state index is 0.0159. The summed E-state index contributed by atoms with van der Waals surface area (Å²) < 4.78 is 0. The van der Waals surface area contributed by atoms with Gasteiger partial charge in [-0.2, -0.15) is 0 Å². The monoisotopic (exact) mass is 177 g/mol. The van der Waals surface area contributed by atoms with Crippen molar-refractivity contribution in [2.75, 3.05) is 7.05 Å². The maximum atomic E-state index is 11.5. The maximum absolute atomic E-state index is 11.5. The highest BCUT2D eigenvalue weighted by Crippen LogP contribution is 2.14. The van der Waals surface area contributed by atoms with E-state index in [-0.39, 0.29) is 5.91 Å². The van der Waals surface area contributed by atoms with E-state index >= 15 is 0 Å². The van der Waals surface area contributed by atoms with Gasteiger partial charge < -0.3 is 4.90 Å². The van der Waals surface area contributed by atoms with Crippen molar-refractivity contribution in [1.82, 2.24) is 4.90 Å². The van der Waals surface area contributed by atoms with E-state index < -0.39 is 0 Å².